The molecule has 0 saturated carbocycles. The molecule has 132 valence electrons. The van der Waals surface area contributed by atoms with Crippen molar-refractivity contribution in [3.05, 3.63) is 9.66 Å². The molecule has 0 aromatic carbocycles. The van der Waals surface area contributed by atoms with E-state index < -0.39 is 33.6 Å². The van der Waals surface area contributed by atoms with Crippen LogP contribution < -0.4 is 0 Å². The van der Waals surface area contributed by atoms with Gasteiger partial charge in [0.05, 0.1) is 0 Å². The summed E-state index contributed by atoms with van der Waals surface area (Å²) in [5.74, 6) is -19.0. The van der Waals surface area contributed by atoms with Gasteiger partial charge in [0.25, 0.3) is 0 Å². The summed E-state index contributed by atoms with van der Waals surface area (Å²) in [4.78, 5) is 0. The first kappa shape index (κ1) is 21.8. The van der Waals surface area contributed by atoms with Crippen LogP contribution in [-0.4, -0.2) is 23.9 Å². The Balaban J connectivity index is 5.19. The molecule has 0 unspecified atom stereocenters. The van der Waals surface area contributed by atoms with Crippen LogP contribution >= 0.6 is 22.6 Å². The molecule has 0 saturated heterocycles. The Morgan fingerprint density at radius 2 is 1.32 bits per heavy atom. The van der Waals surface area contributed by atoms with E-state index in [9.17, 15) is 39.5 Å². The minimum atomic E-state index is -6.83. The summed E-state index contributed by atoms with van der Waals surface area (Å²) in [6.45, 7) is 1.87. The minimum Gasteiger partial charge on any atom is -0.195 e. The quantitative estimate of drug-likeness (QED) is 0.216. The van der Waals surface area contributed by atoms with Crippen LogP contribution in [0.25, 0.3) is 0 Å². The van der Waals surface area contributed by atoms with Crippen molar-refractivity contribution in [3.63, 3.8) is 0 Å². The molecule has 10 heteroatoms. The fourth-order valence-corrected chi connectivity index (χ4v) is 2.24. The maximum Gasteiger partial charge on any atom is 0.460 e. The van der Waals surface area contributed by atoms with E-state index in [0.29, 0.717) is 12.8 Å². The molecule has 0 aliphatic carbocycles. The predicted octanol–water partition coefficient (Wildman–Crippen LogP) is 6.74. The van der Waals surface area contributed by atoms with Crippen LogP contribution in [0.5, 0.6) is 0 Å². The molecule has 0 aromatic rings. The monoisotopic (exact) mass is 456 g/mol. The maximum absolute atomic E-state index is 13.2. The van der Waals surface area contributed by atoms with Gasteiger partial charge < -0.3 is 0 Å². The van der Waals surface area contributed by atoms with Gasteiger partial charge in [0.1, 0.15) is 0 Å². The average Bonchev–Trinajstić information content (AvgIpc) is 2.32. The Bertz CT molecular complexity index is 385. The van der Waals surface area contributed by atoms with Crippen LogP contribution in [0.2, 0.25) is 0 Å². The molecular weight excluding hydrogens is 442 g/mol. The first-order chi connectivity index (χ1) is 9.70. The highest BCUT2D eigenvalue weighted by atomic mass is 127. The number of alkyl halides is 9. The maximum atomic E-state index is 13.2. The molecule has 0 aromatic heterocycles. The number of halogens is 10. The molecular formula is C12H14F9I. The zero-order chi connectivity index (χ0) is 17.8. The Kier molecular flexibility index (Phi) is 7.55. The first-order valence-corrected chi connectivity index (χ1v) is 7.36. The largest absolute Gasteiger partial charge is 0.460 e. The average molecular weight is 456 g/mol. The highest BCUT2D eigenvalue weighted by Crippen LogP contribution is 2.53. The summed E-state index contributed by atoms with van der Waals surface area (Å²) in [5.41, 5.74) is 0. The van der Waals surface area contributed by atoms with Crippen molar-refractivity contribution >= 4 is 22.6 Å². The van der Waals surface area contributed by atoms with Gasteiger partial charge in [-0.15, -0.1) is 0 Å². The van der Waals surface area contributed by atoms with Gasteiger partial charge in [-0.3, -0.25) is 0 Å². The lowest BCUT2D eigenvalue weighted by Gasteiger charge is -2.32. The molecule has 0 spiro atoms. The third kappa shape index (κ3) is 4.92. The summed E-state index contributed by atoms with van der Waals surface area (Å²) in [6, 6.07) is 0. The Morgan fingerprint density at radius 1 is 0.818 bits per heavy atom. The fraction of sp³-hybridized carbons (Fsp3) is 0.833. The van der Waals surface area contributed by atoms with Crippen molar-refractivity contribution in [2.24, 2.45) is 0 Å². The topological polar surface area (TPSA) is 0 Å². The molecule has 0 heterocycles. The van der Waals surface area contributed by atoms with E-state index in [1.807, 2.05) is 6.92 Å². The lowest BCUT2D eigenvalue weighted by atomic mass is 10.0. The Hall–Kier alpha value is -0.160. The van der Waals surface area contributed by atoms with Crippen molar-refractivity contribution in [1.82, 2.24) is 0 Å². The molecule has 22 heavy (non-hydrogen) atoms. The van der Waals surface area contributed by atoms with Crippen molar-refractivity contribution in [2.75, 3.05) is 0 Å². The smallest absolute Gasteiger partial charge is 0.195 e. The normalized spacial score (nSPS) is 15.3. The van der Waals surface area contributed by atoms with Gasteiger partial charge in [-0.05, 0) is 39.0 Å². The second-order valence-corrected chi connectivity index (χ2v) is 6.06. The van der Waals surface area contributed by atoms with Crippen molar-refractivity contribution in [1.29, 1.82) is 0 Å². The van der Waals surface area contributed by atoms with Gasteiger partial charge in [0, 0.05) is 6.08 Å². The standard InChI is InChI=1S/C12H14F9I/c1-2-3-4-5-6-8(22)7-9(13,14)10(15,16)11(17,18)12(19,20)21/h7H,2-6H2,1H3/b8-7+. The zero-order valence-electron chi connectivity index (χ0n) is 11.4. The van der Waals surface area contributed by atoms with Crippen molar-refractivity contribution in [3.8, 4) is 0 Å². The van der Waals surface area contributed by atoms with Crippen LogP contribution in [0.4, 0.5) is 39.5 Å². The van der Waals surface area contributed by atoms with Crippen LogP contribution in [-0.2, 0) is 0 Å². The van der Waals surface area contributed by atoms with E-state index in [0.717, 1.165) is 12.8 Å². The van der Waals surface area contributed by atoms with Crippen LogP contribution in [0.15, 0.2) is 9.66 Å². The minimum absolute atomic E-state index is 0.0934. The fourth-order valence-electron chi connectivity index (χ4n) is 1.47. The molecule has 0 bridgehead atoms. The molecule has 0 aliphatic heterocycles. The summed E-state index contributed by atoms with van der Waals surface area (Å²) in [7, 11) is 0. The second kappa shape index (κ2) is 7.61. The molecule has 0 N–H and O–H groups in total. The van der Waals surface area contributed by atoms with Gasteiger partial charge in [-0.25, -0.2) is 0 Å². The Morgan fingerprint density at radius 3 is 1.73 bits per heavy atom. The van der Waals surface area contributed by atoms with Crippen LogP contribution in [0, 0.1) is 0 Å². The van der Waals surface area contributed by atoms with Gasteiger partial charge in [0.15, 0.2) is 0 Å². The third-order valence-corrected chi connectivity index (χ3v) is 3.63. The predicted molar refractivity (Wildman–Crippen MR) is 71.8 cm³/mol. The number of unbranched alkanes of at least 4 members (excludes halogenated alkanes) is 3. The number of rotatable bonds is 8. The van der Waals surface area contributed by atoms with E-state index in [1.54, 1.807) is 0 Å². The summed E-state index contributed by atoms with van der Waals surface area (Å²) in [6.07, 6.45) is -4.84. The van der Waals surface area contributed by atoms with E-state index in [4.69, 9.17) is 0 Å². The summed E-state index contributed by atoms with van der Waals surface area (Å²) < 4.78 is 113. The SMILES string of the molecule is CCCCCC/C(I)=C\C(F)(F)C(F)(F)C(F)(F)C(F)(F)F. The molecule has 0 nitrogen and oxygen atoms in total. The molecule has 0 atom stereocenters. The lowest BCUT2D eigenvalue weighted by Crippen LogP contribution is -2.60. The first-order valence-electron chi connectivity index (χ1n) is 6.28. The van der Waals surface area contributed by atoms with Crippen molar-refractivity contribution < 1.29 is 39.5 Å². The second-order valence-electron chi connectivity index (χ2n) is 4.67. The van der Waals surface area contributed by atoms with Gasteiger partial charge in [-0.2, -0.15) is 39.5 Å². The number of hydrogen-bond acceptors (Lipinski definition) is 0. The van der Waals surface area contributed by atoms with Gasteiger partial charge in [-0.1, -0.05) is 26.2 Å². The summed E-state index contributed by atoms with van der Waals surface area (Å²) >= 11 is 1.23. The molecule has 0 rings (SSSR count). The molecule has 0 aliphatic rings. The number of hydrogen-bond donors (Lipinski definition) is 0. The lowest BCUT2D eigenvalue weighted by molar-refractivity contribution is -0.388. The zero-order valence-corrected chi connectivity index (χ0v) is 13.6. The number of allylic oxidation sites excluding steroid dienone is 2. The van der Waals surface area contributed by atoms with Crippen molar-refractivity contribution in [2.45, 2.75) is 63.0 Å². The Labute approximate surface area is 135 Å². The highest BCUT2D eigenvalue weighted by molar-refractivity contribution is 14.1. The van der Waals surface area contributed by atoms with E-state index in [-0.39, 0.29) is 6.42 Å². The van der Waals surface area contributed by atoms with Gasteiger partial charge in [0.2, 0.25) is 0 Å². The van der Waals surface area contributed by atoms with E-state index >= 15 is 0 Å². The van der Waals surface area contributed by atoms with E-state index in [1.165, 1.54) is 22.6 Å². The third-order valence-electron chi connectivity index (χ3n) is 2.78. The van der Waals surface area contributed by atoms with E-state index in [2.05, 4.69) is 0 Å². The van der Waals surface area contributed by atoms with Crippen LogP contribution in [0.3, 0.4) is 0 Å². The summed E-state index contributed by atoms with van der Waals surface area (Å²) in [5, 5.41) is 0. The molecule has 0 fully saturated rings. The molecule has 0 radical (unpaired) electrons. The van der Waals surface area contributed by atoms with Crippen LogP contribution in [0.1, 0.15) is 39.0 Å². The molecule has 0 amide bonds. The van der Waals surface area contributed by atoms with Gasteiger partial charge >= 0.3 is 23.9 Å². The highest BCUT2D eigenvalue weighted by Gasteiger charge is 2.81.